The van der Waals surface area contributed by atoms with Gasteiger partial charge in [-0.25, -0.2) is 0 Å². The fourth-order valence-electron chi connectivity index (χ4n) is 1.58. The third kappa shape index (κ3) is 3.32. The van der Waals surface area contributed by atoms with Gasteiger partial charge >= 0.3 is 0 Å². The summed E-state index contributed by atoms with van der Waals surface area (Å²) in [5.74, 6) is 0. The number of thiophene rings is 1. The van der Waals surface area contributed by atoms with Crippen LogP contribution in [0.25, 0.3) is 0 Å². The van der Waals surface area contributed by atoms with E-state index in [9.17, 15) is 5.11 Å². The van der Waals surface area contributed by atoms with E-state index in [-0.39, 0.29) is 0 Å². The molecule has 2 rings (SSSR count). The maximum absolute atomic E-state index is 10.1. The van der Waals surface area contributed by atoms with Crippen molar-refractivity contribution >= 4 is 57.7 Å². The van der Waals surface area contributed by atoms with E-state index in [2.05, 4.69) is 0 Å². The average Bonchev–Trinajstić information content (AvgIpc) is 2.63. The first-order chi connectivity index (χ1) is 8.47. The highest BCUT2D eigenvalue weighted by Gasteiger charge is 2.16. The van der Waals surface area contributed by atoms with Crippen molar-refractivity contribution in [3.05, 3.63) is 54.1 Å². The Morgan fingerprint density at radius 3 is 2.33 bits per heavy atom. The zero-order valence-electron chi connectivity index (χ0n) is 8.96. The Labute approximate surface area is 129 Å². The lowest BCUT2D eigenvalue weighted by Gasteiger charge is -2.10. The molecule has 18 heavy (non-hydrogen) atoms. The van der Waals surface area contributed by atoms with Crippen LogP contribution >= 0.6 is 57.7 Å². The first-order valence-corrected chi connectivity index (χ1v) is 7.37. The number of aliphatic hydroxyl groups excluding tert-OH is 1. The van der Waals surface area contributed by atoms with Gasteiger partial charge in [-0.2, -0.15) is 0 Å². The Balaban J connectivity index is 2.18. The lowest BCUT2D eigenvalue weighted by molar-refractivity contribution is 0.179. The minimum Gasteiger partial charge on any atom is -0.388 e. The summed E-state index contributed by atoms with van der Waals surface area (Å²) in [4.78, 5) is 0. The molecule has 1 aromatic carbocycles. The first kappa shape index (κ1) is 14.4. The molecule has 0 spiro atoms. The van der Waals surface area contributed by atoms with Crippen molar-refractivity contribution in [1.29, 1.82) is 0 Å². The molecule has 0 aliphatic rings. The van der Waals surface area contributed by atoms with Crippen LogP contribution in [0.3, 0.4) is 0 Å². The standard InChI is InChI=1S/C12H8Cl4OS/c13-8-2-1-6(3-9(8)14)4-10(17)7-5-11(15)18-12(7)16/h1-3,5,10,17H,4H2. The Morgan fingerprint density at radius 1 is 1.06 bits per heavy atom. The molecule has 0 saturated carbocycles. The molecule has 1 aromatic heterocycles. The van der Waals surface area contributed by atoms with Gasteiger partial charge in [0.2, 0.25) is 0 Å². The predicted octanol–water partition coefficient (Wildman–Crippen LogP) is 5.64. The van der Waals surface area contributed by atoms with Gasteiger partial charge in [-0.3, -0.25) is 0 Å². The SMILES string of the molecule is OC(Cc1ccc(Cl)c(Cl)c1)c1cc(Cl)sc1Cl. The van der Waals surface area contributed by atoms with E-state index in [0.29, 0.717) is 30.7 Å². The number of rotatable bonds is 3. The second kappa shape index (κ2) is 6.00. The van der Waals surface area contributed by atoms with Gasteiger partial charge in [-0.1, -0.05) is 52.5 Å². The lowest BCUT2D eigenvalue weighted by atomic mass is 10.0. The highest BCUT2D eigenvalue weighted by Crippen LogP contribution is 2.36. The van der Waals surface area contributed by atoms with Gasteiger partial charge in [0.15, 0.2) is 0 Å². The molecule has 1 atom stereocenters. The van der Waals surface area contributed by atoms with Crippen molar-refractivity contribution in [2.24, 2.45) is 0 Å². The smallest absolute Gasteiger partial charge is 0.100 e. The average molecular weight is 342 g/mol. The summed E-state index contributed by atoms with van der Waals surface area (Å²) in [6.45, 7) is 0. The number of halogens is 4. The molecular formula is C12H8Cl4OS. The van der Waals surface area contributed by atoms with Crippen LogP contribution in [0.4, 0.5) is 0 Å². The van der Waals surface area contributed by atoms with Gasteiger partial charge in [0.25, 0.3) is 0 Å². The fourth-order valence-corrected chi connectivity index (χ4v) is 3.47. The van der Waals surface area contributed by atoms with Gasteiger partial charge in [0.05, 0.1) is 20.5 Å². The molecule has 1 unspecified atom stereocenters. The largest absolute Gasteiger partial charge is 0.388 e. The van der Waals surface area contributed by atoms with E-state index in [1.165, 1.54) is 11.3 Å². The Kier molecular flexibility index (Phi) is 4.81. The van der Waals surface area contributed by atoms with E-state index in [0.717, 1.165) is 5.56 Å². The highest BCUT2D eigenvalue weighted by atomic mass is 35.5. The maximum Gasteiger partial charge on any atom is 0.100 e. The molecule has 0 bridgehead atoms. The zero-order valence-corrected chi connectivity index (χ0v) is 12.8. The molecule has 0 aliphatic heterocycles. The Hall–Kier alpha value is 0.0400. The molecule has 96 valence electrons. The minimum atomic E-state index is -0.710. The van der Waals surface area contributed by atoms with Gasteiger partial charge in [-0.05, 0) is 23.8 Å². The normalized spacial score (nSPS) is 12.7. The summed E-state index contributed by atoms with van der Waals surface area (Å²) < 4.78 is 1.07. The van der Waals surface area contributed by atoms with Crippen molar-refractivity contribution in [1.82, 2.24) is 0 Å². The van der Waals surface area contributed by atoms with Gasteiger partial charge in [0.1, 0.15) is 4.34 Å². The molecule has 1 heterocycles. The molecule has 6 heteroatoms. The molecular weight excluding hydrogens is 334 g/mol. The van der Waals surface area contributed by atoms with Crippen molar-refractivity contribution in [3.63, 3.8) is 0 Å². The van der Waals surface area contributed by atoms with E-state index in [1.807, 2.05) is 6.07 Å². The van der Waals surface area contributed by atoms with Crippen LogP contribution in [0.15, 0.2) is 24.3 Å². The van der Waals surface area contributed by atoms with E-state index in [4.69, 9.17) is 46.4 Å². The van der Waals surface area contributed by atoms with Crippen molar-refractivity contribution in [2.75, 3.05) is 0 Å². The molecule has 0 radical (unpaired) electrons. The topological polar surface area (TPSA) is 20.2 Å². The minimum absolute atomic E-state index is 0.406. The van der Waals surface area contributed by atoms with E-state index < -0.39 is 6.10 Å². The van der Waals surface area contributed by atoms with Crippen LogP contribution in [-0.4, -0.2) is 5.11 Å². The van der Waals surface area contributed by atoms with E-state index >= 15 is 0 Å². The predicted molar refractivity (Wildman–Crippen MR) is 79.5 cm³/mol. The van der Waals surface area contributed by atoms with Gasteiger partial charge < -0.3 is 5.11 Å². The number of benzene rings is 1. The fraction of sp³-hybridized carbons (Fsp3) is 0.167. The maximum atomic E-state index is 10.1. The number of hydrogen-bond donors (Lipinski definition) is 1. The van der Waals surface area contributed by atoms with Crippen LogP contribution in [0.2, 0.25) is 18.7 Å². The summed E-state index contributed by atoms with van der Waals surface area (Å²) >= 11 is 24.8. The first-order valence-electron chi connectivity index (χ1n) is 5.04. The van der Waals surface area contributed by atoms with Crippen molar-refractivity contribution in [2.45, 2.75) is 12.5 Å². The van der Waals surface area contributed by atoms with Crippen molar-refractivity contribution in [3.8, 4) is 0 Å². The zero-order chi connectivity index (χ0) is 13.3. The number of aliphatic hydroxyl groups is 1. The second-order valence-corrected chi connectivity index (χ2v) is 6.85. The molecule has 0 fully saturated rings. The molecule has 1 nitrogen and oxygen atoms in total. The van der Waals surface area contributed by atoms with Crippen molar-refractivity contribution < 1.29 is 5.11 Å². The molecule has 0 aliphatic carbocycles. The van der Waals surface area contributed by atoms with Gasteiger partial charge in [-0.15, -0.1) is 11.3 Å². The van der Waals surface area contributed by atoms with Crippen LogP contribution in [0, 0.1) is 0 Å². The highest BCUT2D eigenvalue weighted by molar-refractivity contribution is 7.20. The second-order valence-electron chi connectivity index (χ2n) is 3.75. The summed E-state index contributed by atoms with van der Waals surface area (Å²) in [6.07, 6.45) is -0.303. The van der Waals surface area contributed by atoms with Crippen LogP contribution in [0.5, 0.6) is 0 Å². The summed E-state index contributed by atoms with van der Waals surface area (Å²) in [7, 11) is 0. The molecule has 0 amide bonds. The molecule has 2 aromatic rings. The monoisotopic (exact) mass is 340 g/mol. The van der Waals surface area contributed by atoms with Crippen LogP contribution < -0.4 is 0 Å². The third-order valence-electron chi connectivity index (χ3n) is 2.46. The molecule has 1 N–H and O–H groups in total. The summed E-state index contributed by atoms with van der Waals surface area (Å²) in [5.41, 5.74) is 1.52. The summed E-state index contributed by atoms with van der Waals surface area (Å²) in [5, 5.41) is 11.1. The Morgan fingerprint density at radius 2 is 1.78 bits per heavy atom. The quantitative estimate of drug-likeness (QED) is 0.766. The number of hydrogen-bond acceptors (Lipinski definition) is 2. The third-order valence-corrected chi connectivity index (χ3v) is 4.71. The van der Waals surface area contributed by atoms with Crippen LogP contribution in [-0.2, 0) is 6.42 Å². The van der Waals surface area contributed by atoms with Gasteiger partial charge in [0, 0.05) is 12.0 Å². The molecule has 0 saturated heterocycles. The Bertz CT molecular complexity index is 567. The summed E-state index contributed by atoms with van der Waals surface area (Å²) in [6, 6.07) is 6.93. The lowest BCUT2D eigenvalue weighted by Crippen LogP contribution is -2.01. The van der Waals surface area contributed by atoms with Crippen LogP contribution in [0.1, 0.15) is 17.2 Å². The van der Waals surface area contributed by atoms with E-state index in [1.54, 1.807) is 18.2 Å².